The van der Waals surface area contributed by atoms with Crippen LogP contribution in [-0.2, 0) is 11.3 Å². The fraction of sp³-hybridized carbons (Fsp3) is 0.400. The number of amides is 1. The van der Waals surface area contributed by atoms with Crippen LogP contribution in [0, 0.1) is 5.92 Å². The molecule has 1 saturated carbocycles. The molecule has 166 valence electrons. The van der Waals surface area contributed by atoms with E-state index in [9.17, 15) is 9.59 Å². The third-order valence-corrected chi connectivity index (χ3v) is 6.39. The quantitative estimate of drug-likeness (QED) is 0.623. The molecule has 0 unspecified atom stereocenters. The number of carbonyl (C=O) groups excluding carboxylic acids is 1. The summed E-state index contributed by atoms with van der Waals surface area (Å²) >= 11 is 0. The molecular formula is C25H29N5O2. The van der Waals surface area contributed by atoms with Crippen molar-refractivity contribution < 1.29 is 4.79 Å². The Bertz CT molecular complexity index is 1160. The van der Waals surface area contributed by atoms with Crippen LogP contribution in [0.2, 0.25) is 0 Å². The molecule has 1 saturated heterocycles. The molecule has 1 aliphatic carbocycles. The third-order valence-electron chi connectivity index (χ3n) is 6.39. The largest absolute Gasteiger partial charge is 0.369 e. The number of nitrogens with zero attached hydrogens (tertiary/aromatic N) is 4. The first-order valence-electron chi connectivity index (χ1n) is 11.5. The maximum Gasteiger partial charge on any atom is 0.261 e. The van der Waals surface area contributed by atoms with Gasteiger partial charge in [0.05, 0.1) is 17.2 Å². The fourth-order valence-corrected chi connectivity index (χ4v) is 4.35. The van der Waals surface area contributed by atoms with Gasteiger partial charge in [-0.05, 0) is 49.1 Å². The van der Waals surface area contributed by atoms with Gasteiger partial charge in [0.25, 0.3) is 5.56 Å². The van der Waals surface area contributed by atoms with Gasteiger partial charge in [-0.3, -0.25) is 19.1 Å². The molecule has 1 amide bonds. The van der Waals surface area contributed by atoms with Crippen molar-refractivity contribution in [2.24, 2.45) is 5.92 Å². The normalized spacial score (nSPS) is 16.9. The zero-order valence-corrected chi connectivity index (χ0v) is 18.2. The SMILES string of the molecule is O=C(CCn1cnc2ccccc2c1=O)Nc1cccc(N2CCN(CC3CC3)CC2)c1. The van der Waals surface area contributed by atoms with Gasteiger partial charge in [0, 0.05) is 57.1 Å². The predicted octanol–water partition coefficient (Wildman–Crippen LogP) is 2.96. The smallest absolute Gasteiger partial charge is 0.261 e. The summed E-state index contributed by atoms with van der Waals surface area (Å²) < 4.78 is 1.50. The molecule has 7 heteroatoms. The Kier molecular flexibility index (Phi) is 5.90. The molecular weight excluding hydrogens is 402 g/mol. The van der Waals surface area contributed by atoms with Gasteiger partial charge < -0.3 is 10.2 Å². The molecule has 2 fully saturated rings. The van der Waals surface area contributed by atoms with Gasteiger partial charge in [-0.1, -0.05) is 18.2 Å². The second-order valence-electron chi connectivity index (χ2n) is 8.84. The van der Waals surface area contributed by atoms with E-state index in [1.165, 1.54) is 30.3 Å². The van der Waals surface area contributed by atoms with Crippen molar-refractivity contribution in [1.29, 1.82) is 0 Å². The van der Waals surface area contributed by atoms with Crippen molar-refractivity contribution in [2.75, 3.05) is 42.9 Å². The fourth-order valence-electron chi connectivity index (χ4n) is 4.35. The zero-order valence-electron chi connectivity index (χ0n) is 18.2. The number of aromatic nitrogens is 2. The van der Waals surface area contributed by atoms with Crippen LogP contribution in [-0.4, -0.2) is 53.1 Å². The average molecular weight is 432 g/mol. The second-order valence-corrected chi connectivity index (χ2v) is 8.84. The van der Waals surface area contributed by atoms with E-state index < -0.39 is 0 Å². The van der Waals surface area contributed by atoms with E-state index in [1.807, 2.05) is 36.4 Å². The van der Waals surface area contributed by atoms with E-state index in [0.29, 0.717) is 17.4 Å². The summed E-state index contributed by atoms with van der Waals surface area (Å²) in [6, 6.07) is 15.3. The zero-order chi connectivity index (χ0) is 21.9. The van der Waals surface area contributed by atoms with E-state index in [1.54, 1.807) is 6.07 Å². The summed E-state index contributed by atoms with van der Waals surface area (Å²) in [5, 5.41) is 3.55. The maximum atomic E-state index is 12.6. The molecule has 0 bridgehead atoms. The number of nitrogens with one attached hydrogen (secondary N) is 1. The van der Waals surface area contributed by atoms with Crippen molar-refractivity contribution in [2.45, 2.75) is 25.8 Å². The molecule has 2 heterocycles. The van der Waals surface area contributed by atoms with Gasteiger partial charge >= 0.3 is 0 Å². The number of carbonyl (C=O) groups is 1. The molecule has 32 heavy (non-hydrogen) atoms. The number of fused-ring (bicyclic) bond motifs is 1. The van der Waals surface area contributed by atoms with Crippen molar-refractivity contribution in [3.63, 3.8) is 0 Å². The number of para-hydroxylation sites is 1. The Morgan fingerprint density at radius 2 is 1.84 bits per heavy atom. The van der Waals surface area contributed by atoms with Crippen LogP contribution in [0.25, 0.3) is 10.9 Å². The average Bonchev–Trinajstić information content (AvgIpc) is 3.63. The highest BCUT2D eigenvalue weighted by Gasteiger charge is 2.26. The van der Waals surface area contributed by atoms with Crippen LogP contribution in [0.15, 0.2) is 59.7 Å². The number of hydrogen-bond acceptors (Lipinski definition) is 5. The summed E-state index contributed by atoms with van der Waals surface area (Å²) in [7, 11) is 0. The highest BCUT2D eigenvalue weighted by atomic mass is 16.2. The van der Waals surface area contributed by atoms with Crippen molar-refractivity contribution >= 4 is 28.2 Å². The van der Waals surface area contributed by atoms with E-state index >= 15 is 0 Å². The number of piperazine rings is 1. The van der Waals surface area contributed by atoms with Crippen LogP contribution in [0.3, 0.4) is 0 Å². The van der Waals surface area contributed by atoms with Gasteiger partial charge in [0.15, 0.2) is 0 Å². The third kappa shape index (κ3) is 4.83. The Hall–Kier alpha value is -3.19. The number of rotatable bonds is 7. The van der Waals surface area contributed by atoms with E-state index in [0.717, 1.165) is 43.5 Å². The first kappa shape index (κ1) is 20.7. The van der Waals surface area contributed by atoms with Gasteiger partial charge in [-0.15, -0.1) is 0 Å². The Morgan fingerprint density at radius 3 is 2.66 bits per heavy atom. The molecule has 1 N–H and O–H groups in total. The van der Waals surface area contributed by atoms with Crippen LogP contribution in [0.4, 0.5) is 11.4 Å². The predicted molar refractivity (Wildman–Crippen MR) is 127 cm³/mol. The Morgan fingerprint density at radius 1 is 1.03 bits per heavy atom. The standard InChI is InChI=1S/C25H29N5O2/c31-24(10-11-30-18-26-23-7-2-1-6-22(23)25(30)32)27-20-4-3-5-21(16-20)29-14-12-28(13-15-29)17-19-8-9-19/h1-7,16,18-19H,8-15,17H2,(H,27,31). The lowest BCUT2D eigenvalue weighted by Gasteiger charge is -2.36. The molecule has 2 aromatic carbocycles. The summed E-state index contributed by atoms with van der Waals surface area (Å²) in [4.78, 5) is 34.4. The van der Waals surface area contributed by atoms with Gasteiger partial charge in [-0.2, -0.15) is 0 Å². The molecule has 2 aliphatic rings. The monoisotopic (exact) mass is 431 g/mol. The van der Waals surface area contributed by atoms with E-state index in [-0.39, 0.29) is 17.9 Å². The van der Waals surface area contributed by atoms with Crippen LogP contribution < -0.4 is 15.8 Å². The van der Waals surface area contributed by atoms with Crippen molar-refractivity contribution in [3.8, 4) is 0 Å². The highest BCUT2D eigenvalue weighted by Crippen LogP contribution is 2.30. The minimum atomic E-state index is -0.119. The lowest BCUT2D eigenvalue weighted by molar-refractivity contribution is -0.116. The molecule has 1 aliphatic heterocycles. The number of hydrogen-bond donors (Lipinski definition) is 1. The van der Waals surface area contributed by atoms with Gasteiger partial charge in [-0.25, -0.2) is 4.98 Å². The van der Waals surface area contributed by atoms with E-state index in [2.05, 4.69) is 26.2 Å². The van der Waals surface area contributed by atoms with Crippen LogP contribution in [0.5, 0.6) is 0 Å². The molecule has 3 aromatic rings. The topological polar surface area (TPSA) is 70.5 Å². The molecule has 7 nitrogen and oxygen atoms in total. The summed E-state index contributed by atoms with van der Waals surface area (Å²) in [5.41, 5.74) is 2.48. The first-order valence-corrected chi connectivity index (χ1v) is 11.5. The minimum absolute atomic E-state index is 0.114. The molecule has 5 rings (SSSR count). The van der Waals surface area contributed by atoms with E-state index in [4.69, 9.17) is 0 Å². The lowest BCUT2D eigenvalue weighted by Crippen LogP contribution is -2.47. The number of benzene rings is 2. The lowest BCUT2D eigenvalue weighted by atomic mass is 10.2. The van der Waals surface area contributed by atoms with Gasteiger partial charge in [0.1, 0.15) is 0 Å². The number of anilines is 2. The first-order chi connectivity index (χ1) is 15.7. The summed E-state index contributed by atoms with van der Waals surface area (Å²) in [6.45, 7) is 5.78. The Labute approximate surface area is 187 Å². The maximum absolute atomic E-state index is 12.6. The number of aryl methyl sites for hydroxylation is 1. The van der Waals surface area contributed by atoms with Crippen LogP contribution in [0.1, 0.15) is 19.3 Å². The van der Waals surface area contributed by atoms with Crippen molar-refractivity contribution in [3.05, 3.63) is 65.2 Å². The molecule has 1 aromatic heterocycles. The van der Waals surface area contributed by atoms with Crippen molar-refractivity contribution in [1.82, 2.24) is 14.5 Å². The second kappa shape index (κ2) is 9.12. The van der Waals surface area contributed by atoms with Crippen LogP contribution >= 0.6 is 0 Å². The summed E-state index contributed by atoms with van der Waals surface area (Å²) in [5.74, 6) is 0.817. The molecule has 0 atom stereocenters. The molecule has 0 spiro atoms. The minimum Gasteiger partial charge on any atom is -0.369 e. The highest BCUT2D eigenvalue weighted by molar-refractivity contribution is 5.91. The van der Waals surface area contributed by atoms with Gasteiger partial charge in [0.2, 0.25) is 5.91 Å². The Balaban J connectivity index is 1.16. The molecule has 0 radical (unpaired) electrons. The summed E-state index contributed by atoms with van der Waals surface area (Å²) in [6.07, 6.45) is 4.52.